The number of rotatable bonds is 3. The highest BCUT2D eigenvalue weighted by molar-refractivity contribution is 5.79. The molecule has 1 aromatic heterocycles. The van der Waals surface area contributed by atoms with Crippen LogP contribution in [0.25, 0.3) is 0 Å². The molecule has 3 fully saturated rings. The summed E-state index contributed by atoms with van der Waals surface area (Å²) in [6.45, 7) is 6.79. The van der Waals surface area contributed by atoms with Crippen molar-refractivity contribution in [2.24, 2.45) is 17.8 Å². The van der Waals surface area contributed by atoms with Gasteiger partial charge in [0.25, 0.3) is 0 Å². The zero-order chi connectivity index (χ0) is 16.5. The molecule has 2 atom stereocenters. The number of carbonyl (C=O) groups excluding carboxylic acids is 1. The largest absolute Gasteiger partial charge is 0.360 e. The van der Waals surface area contributed by atoms with Gasteiger partial charge < -0.3 is 9.42 Å². The van der Waals surface area contributed by atoms with E-state index >= 15 is 0 Å². The highest BCUT2D eigenvalue weighted by atomic mass is 16.5. The van der Waals surface area contributed by atoms with Crippen LogP contribution in [0.3, 0.4) is 0 Å². The monoisotopic (exact) mass is 331 g/mol. The molecule has 0 radical (unpaired) electrons. The molecule has 5 heteroatoms. The smallest absolute Gasteiger partial charge is 0.225 e. The summed E-state index contributed by atoms with van der Waals surface area (Å²) in [6.07, 6.45) is 7.37. The molecule has 0 bridgehead atoms. The van der Waals surface area contributed by atoms with Crippen LogP contribution >= 0.6 is 0 Å². The van der Waals surface area contributed by atoms with Gasteiger partial charge in [-0.25, -0.2) is 0 Å². The number of hydrogen-bond donors (Lipinski definition) is 0. The van der Waals surface area contributed by atoms with Crippen molar-refractivity contribution < 1.29 is 9.32 Å². The van der Waals surface area contributed by atoms with E-state index in [4.69, 9.17) is 4.52 Å². The molecule has 5 nitrogen and oxygen atoms in total. The first-order valence-electron chi connectivity index (χ1n) is 9.62. The Hall–Kier alpha value is -1.36. The first-order chi connectivity index (χ1) is 11.7. The summed E-state index contributed by atoms with van der Waals surface area (Å²) in [5.74, 6) is 3.17. The van der Waals surface area contributed by atoms with Crippen molar-refractivity contribution in [3.05, 3.63) is 17.5 Å². The number of piperidine rings is 1. The first-order valence-corrected chi connectivity index (χ1v) is 9.62. The fourth-order valence-electron chi connectivity index (χ4n) is 4.89. The minimum atomic E-state index is 0.234. The van der Waals surface area contributed by atoms with E-state index in [-0.39, 0.29) is 5.92 Å². The van der Waals surface area contributed by atoms with Gasteiger partial charge in [-0.15, -0.1) is 0 Å². The van der Waals surface area contributed by atoms with E-state index < -0.39 is 0 Å². The standard InChI is InChI=1S/C19H29N3O2/c1-14-10-18(24-20-14)13-21-8-6-15(7-9-21)19(23)22-11-16-4-2-3-5-17(16)12-22/h10,15-17H,2-9,11-13H2,1H3. The maximum absolute atomic E-state index is 12.9. The van der Waals surface area contributed by atoms with Gasteiger partial charge in [0.15, 0.2) is 5.76 Å². The zero-order valence-corrected chi connectivity index (χ0v) is 14.7. The highest BCUT2D eigenvalue weighted by Gasteiger charge is 2.38. The van der Waals surface area contributed by atoms with Crippen molar-refractivity contribution >= 4 is 5.91 Å². The Morgan fingerprint density at radius 2 is 1.83 bits per heavy atom. The predicted octanol–water partition coefficient (Wildman–Crippen LogP) is 2.84. The fourth-order valence-corrected chi connectivity index (χ4v) is 4.89. The number of amides is 1. The van der Waals surface area contributed by atoms with Gasteiger partial charge in [-0.1, -0.05) is 18.0 Å². The molecule has 4 rings (SSSR count). The van der Waals surface area contributed by atoms with Crippen LogP contribution in [0.15, 0.2) is 10.6 Å². The van der Waals surface area contributed by atoms with Gasteiger partial charge in [0.2, 0.25) is 5.91 Å². The summed E-state index contributed by atoms with van der Waals surface area (Å²) >= 11 is 0. The summed E-state index contributed by atoms with van der Waals surface area (Å²) in [4.78, 5) is 17.5. The quantitative estimate of drug-likeness (QED) is 0.854. The van der Waals surface area contributed by atoms with E-state index in [2.05, 4.69) is 15.0 Å². The van der Waals surface area contributed by atoms with Gasteiger partial charge in [-0.05, 0) is 57.5 Å². The third-order valence-corrected chi connectivity index (χ3v) is 6.28. The maximum atomic E-state index is 12.9. The Labute approximate surface area is 144 Å². The Kier molecular flexibility index (Phi) is 4.61. The van der Waals surface area contributed by atoms with Crippen molar-refractivity contribution in [1.29, 1.82) is 0 Å². The molecule has 0 spiro atoms. The fraction of sp³-hybridized carbons (Fsp3) is 0.789. The van der Waals surface area contributed by atoms with Crippen LogP contribution in [0.5, 0.6) is 0 Å². The van der Waals surface area contributed by atoms with E-state index in [1.807, 2.05) is 13.0 Å². The molecule has 1 aliphatic carbocycles. The van der Waals surface area contributed by atoms with Crippen molar-refractivity contribution in [3.63, 3.8) is 0 Å². The SMILES string of the molecule is Cc1cc(CN2CCC(C(=O)N3CC4CCCCC4C3)CC2)on1. The van der Waals surface area contributed by atoms with Gasteiger partial charge in [0.05, 0.1) is 12.2 Å². The predicted molar refractivity (Wildman–Crippen MR) is 91.3 cm³/mol. The summed E-state index contributed by atoms with van der Waals surface area (Å²) in [5.41, 5.74) is 0.936. The van der Waals surface area contributed by atoms with Gasteiger partial charge in [-0.3, -0.25) is 9.69 Å². The number of hydrogen-bond acceptors (Lipinski definition) is 4. The molecule has 3 heterocycles. The molecule has 132 valence electrons. The lowest BCUT2D eigenvalue weighted by molar-refractivity contribution is -0.136. The summed E-state index contributed by atoms with van der Waals surface area (Å²) in [6, 6.07) is 2.00. The molecular weight excluding hydrogens is 302 g/mol. The third kappa shape index (κ3) is 3.37. The van der Waals surface area contributed by atoms with Crippen LogP contribution in [-0.2, 0) is 11.3 Å². The molecule has 0 N–H and O–H groups in total. The van der Waals surface area contributed by atoms with Crippen molar-refractivity contribution in [2.75, 3.05) is 26.2 Å². The highest BCUT2D eigenvalue weighted by Crippen LogP contribution is 2.37. The molecule has 0 aromatic carbocycles. The lowest BCUT2D eigenvalue weighted by atomic mass is 9.82. The minimum absolute atomic E-state index is 0.234. The average molecular weight is 331 g/mol. The average Bonchev–Trinajstić information content (AvgIpc) is 3.21. The zero-order valence-electron chi connectivity index (χ0n) is 14.7. The normalized spacial score (nSPS) is 29.0. The summed E-state index contributed by atoms with van der Waals surface area (Å²) < 4.78 is 5.31. The van der Waals surface area contributed by atoms with Gasteiger partial charge in [0, 0.05) is 25.1 Å². The number of carbonyl (C=O) groups is 1. The Bertz CT molecular complexity index is 563. The third-order valence-electron chi connectivity index (χ3n) is 6.28. The maximum Gasteiger partial charge on any atom is 0.225 e. The van der Waals surface area contributed by atoms with Gasteiger partial charge >= 0.3 is 0 Å². The van der Waals surface area contributed by atoms with Crippen LogP contribution in [0.4, 0.5) is 0 Å². The number of likely N-dealkylation sites (tertiary alicyclic amines) is 2. The van der Waals surface area contributed by atoms with Crippen LogP contribution in [0.1, 0.15) is 50.0 Å². The lowest BCUT2D eigenvalue weighted by Crippen LogP contribution is -2.41. The Morgan fingerprint density at radius 1 is 1.17 bits per heavy atom. The van der Waals surface area contributed by atoms with Crippen molar-refractivity contribution in [2.45, 2.75) is 52.0 Å². The van der Waals surface area contributed by atoms with Crippen molar-refractivity contribution in [3.8, 4) is 0 Å². The molecular formula is C19H29N3O2. The van der Waals surface area contributed by atoms with E-state index in [0.29, 0.717) is 5.91 Å². The van der Waals surface area contributed by atoms with E-state index in [1.165, 1.54) is 25.7 Å². The molecule has 1 saturated carbocycles. The number of aryl methyl sites for hydroxylation is 1. The molecule has 3 aliphatic rings. The second-order valence-electron chi connectivity index (χ2n) is 8.03. The molecule has 2 aliphatic heterocycles. The van der Waals surface area contributed by atoms with Crippen molar-refractivity contribution in [1.82, 2.24) is 15.0 Å². The second-order valence-corrected chi connectivity index (χ2v) is 8.03. The lowest BCUT2D eigenvalue weighted by Gasteiger charge is -2.32. The van der Waals surface area contributed by atoms with E-state index in [0.717, 1.165) is 68.9 Å². The number of fused-ring (bicyclic) bond motifs is 1. The number of nitrogens with zero attached hydrogens (tertiary/aromatic N) is 3. The summed E-state index contributed by atoms with van der Waals surface area (Å²) in [7, 11) is 0. The number of aromatic nitrogens is 1. The molecule has 2 saturated heterocycles. The Morgan fingerprint density at radius 3 is 2.42 bits per heavy atom. The summed E-state index contributed by atoms with van der Waals surface area (Å²) in [5, 5.41) is 3.95. The topological polar surface area (TPSA) is 49.6 Å². The van der Waals surface area contributed by atoms with Crippen LogP contribution < -0.4 is 0 Å². The molecule has 2 unspecified atom stereocenters. The van der Waals surface area contributed by atoms with E-state index in [1.54, 1.807) is 0 Å². The van der Waals surface area contributed by atoms with Crippen LogP contribution in [0.2, 0.25) is 0 Å². The van der Waals surface area contributed by atoms with Gasteiger partial charge in [0.1, 0.15) is 0 Å². The minimum Gasteiger partial charge on any atom is -0.360 e. The van der Waals surface area contributed by atoms with Crippen LogP contribution in [-0.4, -0.2) is 47.0 Å². The molecule has 1 aromatic rings. The molecule has 24 heavy (non-hydrogen) atoms. The van der Waals surface area contributed by atoms with Crippen LogP contribution in [0, 0.1) is 24.7 Å². The van der Waals surface area contributed by atoms with E-state index in [9.17, 15) is 4.79 Å². The second kappa shape index (κ2) is 6.87. The first kappa shape index (κ1) is 16.1. The molecule has 1 amide bonds. The Balaban J connectivity index is 1.27. The van der Waals surface area contributed by atoms with Gasteiger partial charge in [-0.2, -0.15) is 0 Å².